The average Bonchev–Trinajstić information content (AvgIpc) is 2.59. The van der Waals surface area contributed by atoms with Crippen molar-refractivity contribution in [2.45, 2.75) is 37.3 Å². The summed E-state index contributed by atoms with van der Waals surface area (Å²) in [5.41, 5.74) is 0. The van der Waals surface area contributed by atoms with Crippen molar-refractivity contribution < 1.29 is 24.1 Å². The lowest BCUT2D eigenvalue weighted by molar-refractivity contribution is -0.122. The molecule has 0 amide bonds. The zero-order chi connectivity index (χ0) is 8.13. The van der Waals surface area contributed by atoms with Crippen LogP contribution < -0.4 is 0 Å². The summed E-state index contributed by atoms with van der Waals surface area (Å²) < 4.78 is 21.1. The lowest BCUT2D eigenvalue weighted by atomic mass is 10.1. The summed E-state index contributed by atoms with van der Waals surface area (Å²) in [5, 5.41) is 9.16. The lowest BCUT2D eigenvalue weighted by Crippen LogP contribution is -2.30. The maximum atomic E-state index is 9.16. The molecule has 3 heterocycles. The topological polar surface area (TPSA) is 57.2 Å². The summed E-state index contributed by atoms with van der Waals surface area (Å²) in [5.74, 6) is 0. The largest absolute Gasteiger partial charge is 0.368 e. The van der Waals surface area contributed by atoms with Crippen LogP contribution in [0.2, 0.25) is 0 Å². The second-order valence-corrected chi connectivity index (χ2v) is 3.25. The molecular formula is C7H10O5. The van der Waals surface area contributed by atoms with Gasteiger partial charge < -0.3 is 24.1 Å². The molecule has 3 saturated heterocycles. The van der Waals surface area contributed by atoms with E-state index in [-0.39, 0.29) is 31.4 Å². The SMILES string of the molecule is OC1CC2OC3OCOC3C2O1. The lowest BCUT2D eigenvalue weighted by Gasteiger charge is -2.12. The fraction of sp³-hybridized carbons (Fsp3) is 1.00. The van der Waals surface area contributed by atoms with Crippen LogP contribution in [-0.4, -0.2) is 42.8 Å². The van der Waals surface area contributed by atoms with E-state index in [0.717, 1.165) is 0 Å². The molecule has 0 saturated carbocycles. The molecule has 3 aliphatic heterocycles. The molecule has 12 heavy (non-hydrogen) atoms. The Kier molecular flexibility index (Phi) is 1.44. The zero-order valence-corrected chi connectivity index (χ0v) is 6.38. The Morgan fingerprint density at radius 2 is 2.00 bits per heavy atom. The van der Waals surface area contributed by atoms with Crippen molar-refractivity contribution in [3.8, 4) is 0 Å². The number of rotatable bonds is 0. The zero-order valence-electron chi connectivity index (χ0n) is 6.38. The highest BCUT2D eigenvalue weighted by Gasteiger charge is 2.54. The fourth-order valence-corrected chi connectivity index (χ4v) is 1.98. The van der Waals surface area contributed by atoms with E-state index >= 15 is 0 Å². The highest BCUT2D eigenvalue weighted by molar-refractivity contribution is 4.94. The molecule has 5 unspecified atom stereocenters. The first kappa shape index (κ1) is 7.23. The molecule has 1 N–H and O–H groups in total. The van der Waals surface area contributed by atoms with Crippen LogP contribution in [0.5, 0.6) is 0 Å². The van der Waals surface area contributed by atoms with Gasteiger partial charge in [0.15, 0.2) is 19.4 Å². The average molecular weight is 174 g/mol. The second-order valence-electron chi connectivity index (χ2n) is 3.25. The van der Waals surface area contributed by atoms with Crippen molar-refractivity contribution in [1.29, 1.82) is 0 Å². The molecule has 0 bridgehead atoms. The Balaban J connectivity index is 1.80. The third-order valence-corrected chi connectivity index (χ3v) is 2.51. The van der Waals surface area contributed by atoms with Gasteiger partial charge >= 0.3 is 0 Å². The Bertz CT molecular complexity index is 196. The van der Waals surface area contributed by atoms with Gasteiger partial charge in [-0.2, -0.15) is 0 Å². The smallest absolute Gasteiger partial charge is 0.189 e. The molecule has 0 spiro atoms. The standard InChI is InChI=1S/C7H10O5/c8-4-1-3-5(12-4)6-7(11-3)10-2-9-6/h3-8H,1-2H2. The molecule has 3 aliphatic rings. The van der Waals surface area contributed by atoms with E-state index in [1.165, 1.54) is 0 Å². The van der Waals surface area contributed by atoms with E-state index in [1.54, 1.807) is 0 Å². The number of fused-ring (bicyclic) bond motifs is 3. The van der Waals surface area contributed by atoms with E-state index in [1.807, 2.05) is 0 Å². The van der Waals surface area contributed by atoms with Gasteiger partial charge in [-0.15, -0.1) is 0 Å². The van der Waals surface area contributed by atoms with E-state index in [2.05, 4.69) is 0 Å². The molecule has 5 heteroatoms. The van der Waals surface area contributed by atoms with E-state index in [4.69, 9.17) is 24.1 Å². The summed E-state index contributed by atoms with van der Waals surface area (Å²) in [6.45, 7) is 0.262. The quantitative estimate of drug-likeness (QED) is 0.520. The van der Waals surface area contributed by atoms with Gasteiger partial charge in [0.2, 0.25) is 0 Å². The van der Waals surface area contributed by atoms with E-state index in [9.17, 15) is 0 Å². The maximum Gasteiger partial charge on any atom is 0.189 e. The number of hydrogen-bond donors (Lipinski definition) is 1. The molecular weight excluding hydrogens is 164 g/mol. The predicted octanol–water partition coefficient (Wildman–Crippen LogP) is -0.809. The molecule has 0 aliphatic carbocycles. The maximum absolute atomic E-state index is 9.16. The molecule has 3 fully saturated rings. The van der Waals surface area contributed by atoms with Crippen LogP contribution in [0.1, 0.15) is 6.42 Å². The molecule has 0 aromatic carbocycles. The van der Waals surface area contributed by atoms with Crippen LogP contribution in [0.3, 0.4) is 0 Å². The first-order chi connectivity index (χ1) is 5.84. The van der Waals surface area contributed by atoms with Crippen LogP contribution >= 0.6 is 0 Å². The molecule has 3 rings (SSSR count). The van der Waals surface area contributed by atoms with Crippen LogP contribution in [0.4, 0.5) is 0 Å². The normalized spacial score (nSPS) is 57.2. The molecule has 5 atom stereocenters. The number of aliphatic hydroxyl groups is 1. The van der Waals surface area contributed by atoms with Crippen LogP contribution in [0, 0.1) is 0 Å². The molecule has 5 nitrogen and oxygen atoms in total. The summed E-state index contributed by atoms with van der Waals surface area (Å²) in [6.07, 6.45) is -0.822. The summed E-state index contributed by atoms with van der Waals surface area (Å²) in [6, 6.07) is 0. The molecule has 0 aromatic rings. The monoisotopic (exact) mass is 174 g/mol. The Morgan fingerprint density at radius 3 is 2.92 bits per heavy atom. The summed E-state index contributed by atoms with van der Waals surface area (Å²) in [7, 11) is 0. The third kappa shape index (κ3) is 0.855. The van der Waals surface area contributed by atoms with Crippen molar-refractivity contribution in [2.75, 3.05) is 6.79 Å². The second kappa shape index (κ2) is 2.40. The highest BCUT2D eigenvalue weighted by atomic mass is 16.8. The van der Waals surface area contributed by atoms with Gasteiger partial charge in [0, 0.05) is 6.42 Å². The Labute approximate surface area is 69.2 Å². The van der Waals surface area contributed by atoms with Crippen LogP contribution in [-0.2, 0) is 18.9 Å². The van der Waals surface area contributed by atoms with Crippen molar-refractivity contribution in [3.05, 3.63) is 0 Å². The molecule has 0 aromatic heterocycles. The summed E-state index contributed by atoms with van der Waals surface area (Å²) >= 11 is 0. The van der Waals surface area contributed by atoms with Crippen molar-refractivity contribution >= 4 is 0 Å². The third-order valence-electron chi connectivity index (χ3n) is 2.51. The molecule has 0 radical (unpaired) electrons. The van der Waals surface area contributed by atoms with Crippen molar-refractivity contribution in [3.63, 3.8) is 0 Å². The predicted molar refractivity (Wildman–Crippen MR) is 35.0 cm³/mol. The highest BCUT2D eigenvalue weighted by Crippen LogP contribution is 2.37. The van der Waals surface area contributed by atoms with Gasteiger partial charge in [0.25, 0.3) is 0 Å². The Morgan fingerprint density at radius 1 is 1.08 bits per heavy atom. The Hall–Kier alpha value is -0.200. The van der Waals surface area contributed by atoms with Crippen LogP contribution in [0.15, 0.2) is 0 Å². The van der Waals surface area contributed by atoms with Gasteiger partial charge in [0.1, 0.15) is 12.2 Å². The first-order valence-corrected chi connectivity index (χ1v) is 4.07. The number of hydrogen-bond acceptors (Lipinski definition) is 5. The van der Waals surface area contributed by atoms with E-state index in [0.29, 0.717) is 6.42 Å². The number of aliphatic hydroxyl groups excluding tert-OH is 1. The van der Waals surface area contributed by atoms with Crippen molar-refractivity contribution in [1.82, 2.24) is 0 Å². The molecule has 68 valence electrons. The van der Waals surface area contributed by atoms with Gasteiger partial charge in [-0.25, -0.2) is 0 Å². The first-order valence-electron chi connectivity index (χ1n) is 4.07. The van der Waals surface area contributed by atoms with Crippen molar-refractivity contribution in [2.24, 2.45) is 0 Å². The fourth-order valence-electron chi connectivity index (χ4n) is 1.98. The number of ether oxygens (including phenoxy) is 4. The minimum atomic E-state index is -0.704. The van der Waals surface area contributed by atoms with Gasteiger partial charge in [0.05, 0.1) is 6.10 Å². The minimum Gasteiger partial charge on any atom is -0.368 e. The van der Waals surface area contributed by atoms with Gasteiger partial charge in [-0.1, -0.05) is 0 Å². The van der Waals surface area contributed by atoms with Gasteiger partial charge in [-0.05, 0) is 0 Å². The minimum absolute atomic E-state index is 0.0599. The summed E-state index contributed by atoms with van der Waals surface area (Å²) in [4.78, 5) is 0. The van der Waals surface area contributed by atoms with Crippen LogP contribution in [0.25, 0.3) is 0 Å². The van der Waals surface area contributed by atoms with Gasteiger partial charge in [-0.3, -0.25) is 0 Å². The van der Waals surface area contributed by atoms with E-state index < -0.39 is 6.29 Å².